The molecule has 0 radical (unpaired) electrons. The third-order valence-corrected chi connectivity index (χ3v) is 6.08. The third-order valence-electron chi connectivity index (χ3n) is 6.08. The zero-order chi connectivity index (χ0) is 20.4. The van der Waals surface area contributed by atoms with Crippen molar-refractivity contribution in [1.29, 1.82) is 0 Å². The topological polar surface area (TPSA) is 49.9 Å². The van der Waals surface area contributed by atoms with E-state index in [0.717, 1.165) is 17.9 Å². The number of amides is 2. The fourth-order valence-corrected chi connectivity index (χ4v) is 4.32. The molecule has 5 nitrogen and oxygen atoms in total. The number of benzene rings is 2. The lowest BCUT2D eigenvalue weighted by molar-refractivity contribution is -0.168. The maximum Gasteiger partial charge on any atom is 0.231 e. The van der Waals surface area contributed by atoms with Crippen molar-refractivity contribution < 1.29 is 18.7 Å². The molecule has 152 valence electrons. The molecule has 0 aliphatic carbocycles. The normalized spacial score (nSPS) is 17.9. The Balaban J connectivity index is 1.29. The van der Waals surface area contributed by atoms with Gasteiger partial charge in [-0.2, -0.15) is 0 Å². The Bertz CT molecular complexity index is 905. The summed E-state index contributed by atoms with van der Waals surface area (Å²) in [7, 11) is 1.63. The van der Waals surface area contributed by atoms with E-state index in [-0.39, 0.29) is 29.5 Å². The standard InChI is InChI=1S/C23H25FN2O3/c1-29-20-7-5-17(6-8-20)15-26-16-23(22(26)28)9-11-25(12-10-23)21(27)14-18-3-2-4-19(24)13-18/h2-8,13H,9-12,14-16H2,1H3. The number of β-lactam (4-membered cyclic amide) rings is 1. The Labute approximate surface area is 170 Å². The van der Waals surface area contributed by atoms with Gasteiger partial charge in [-0.05, 0) is 48.2 Å². The lowest BCUT2D eigenvalue weighted by atomic mass is 9.71. The minimum atomic E-state index is -0.329. The summed E-state index contributed by atoms with van der Waals surface area (Å²) in [4.78, 5) is 29.0. The van der Waals surface area contributed by atoms with Crippen LogP contribution in [0.15, 0.2) is 48.5 Å². The summed E-state index contributed by atoms with van der Waals surface area (Å²) in [6, 6.07) is 13.9. The van der Waals surface area contributed by atoms with Crippen LogP contribution in [0.25, 0.3) is 0 Å². The number of methoxy groups -OCH3 is 1. The van der Waals surface area contributed by atoms with Gasteiger partial charge in [0, 0.05) is 26.2 Å². The Morgan fingerprint density at radius 1 is 1.10 bits per heavy atom. The third kappa shape index (κ3) is 3.97. The highest BCUT2D eigenvalue weighted by atomic mass is 19.1. The quantitative estimate of drug-likeness (QED) is 0.730. The zero-order valence-corrected chi connectivity index (χ0v) is 16.6. The lowest BCUT2D eigenvalue weighted by Gasteiger charge is -2.52. The first-order valence-corrected chi connectivity index (χ1v) is 9.94. The minimum Gasteiger partial charge on any atom is -0.497 e. The maximum absolute atomic E-state index is 13.3. The molecule has 2 aliphatic rings. The number of carbonyl (C=O) groups excluding carboxylic acids is 2. The second-order valence-corrected chi connectivity index (χ2v) is 7.98. The largest absolute Gasteiger partial charge is 0.497 e. The average molecular weight is 396 g/mol. The fourth-order valence-electron chi connectivity index (χ4n) is 4.32. The van der Waals surface area contributed by atoms with Gasteiger partial charge in [0.2, 0.25) is 11.8 Å². The van der Waals surface area contributed by atoms with Gasteiger partial charge in [-0.1, -0.05) is 24.3 Å². The van der Waals surface area contributed by atoms with Gasteiger partial charge >= 0.3 is 0 Å². The van der Waals surface area contributed by atoms with Crippen molar-refractivity contribution in [2.45, 2.75) is 25.8 Å². The van der Waals surface area contributed by atoms with Crippen LogP contribution in [0.3, 0.4) is 0 Å². The molecule has 29 heavy (non-hydrogen) atoms. The molecule has 2 heterocycles. The summed E-state index contributed by atoms with van der Waals surface area (Å²) in [6.45, 7) is 2.50. The van der Waals surface area contributed by atoms with Gasteiger partial charge < -0.3 is 14.5 Å². The van der Waals surface area contributed by atoms with Gasteiger partial charge in [-0.3, -0.25) is 9.59 Å². The molecule has 4 rings (SSSR count). The van der Waals surface area contributed by atoms with Crippen molar-refractivity contribution in [2.75, 3.05) is 26.7 Å². The van der Waals surface area contributed by atoms with Gasteiger partial charge in [0.1, 0.15) is 11.6 Å². The summed E-state index contributed by atoms with van der Waals surface area (Å²) >= 11 is 0. The van der Waals surface area contributed by atoms with E-state index in [1.165, 1.54) is 12.1 Å². The molecule has 0 atom stereocenters. The highest BCUT2D eigenvalue weighted by Crippen LogP contribution is 2.42. The van der Waals surface area contributed by atoms with Crippen LogP contribution in [0.1, 0.15) is 24.0 Å². The summed E-state index contributed by atoms with van der Waals surface area (Å²) < 4.78 is 18.5. The van der Waals surface area contributed by atoms with Gasteiger partial charge in [-0.15, -0.1) is 0 Å². The van der Waals surface area contributed by atoms with Crippen LogP contribution in [0.5, 0.6) is 5.75 Å². The Morgan fingerprint density at radius 2 is 1.83 bits per heavy atom. The van der Waals surface area contributed by atoms with Crippen LogP contribution in [0, 0.1) is 11.2 Å². The first-order valence-electron chi connectivity index (χ1n) is 9.94. The van der Waals surface area contributed by atoms with Gasteiger partial charge in [-0.25, -0.2) is 4.39 Å². The Kier molecular flexibility index (Phi) is 5.26. The number of piperidine rings is 1. The smallest absolute Gasteiger partial charge is 0.231 e. The minimum absolute atomic E-state index is 0.00712. The van der Waals surface area contributed by atoms with E-state index >= 15 is 0 Å². The second kappa shape index (κ2) is 7.85. The van der Waals surface area contributed by atoms with E-state index in [1.54, 1.807) is 24.1 Å². The van der Waals surface area contributed by atoms with E-state index in [9.17, 15) is 14.0 Å². The van der Waals surface area contributed by atoms with Gasteiger partial charge in [0.05, 0.1) is 18.9 Å². The van der Waals surface area contributed by atoms with Crippen molar-refractivity contribution in [3.05, 3.63) is 65.5 Å². The summed E-state index contributed by atoms with van der Waals surface area (Å²) in [5.41, 5.74) is 1.44. The molecular weight excluding hydrogens is 371 g/mol. The molecule has 0 unspecified atom stereocenters. The Hall–Kier alpha value is -2.89. The van der Waals surface area contributed by atoms with E-state index in [1.807, 2.05) is 29.2 Å². The van der Waals surface area contributed by atoms with Crippen molar-refractivity contribution in [1.82, 2.24) is 9.80 Å². The molecule has 2 saturated heterocycles. The van der Waals surface area contributed by atoms with Crippen LogP contribution in [0.4, 0.5) is 4.39 Å². The molecule has 2 amide bonds. The number of nitrogens with zero attached hydrogens (tertiary/aromatic N) is 2. The average Bonchev–Trinajstić information content (AvgIpc) is 2.74. The maximum atomic E-state index is 13.3. The predicted molar refractivity (Wildman–Crippen MR) is 107 cm³/mol. The van der Waals surface area contributed by atoms with Crippen LogP contribution in [-0.2, 0) is 22.6 Å². The fraction of sp³-hybridized carbons (Fsp3) is 0.391. The molecule has 0 saturated carbocycles. The van der Waals surface area contributed by atoms with E-state index in [0.29, 0.717) is 38.0 Å². The first-order chi connectivity index (χ1) is 14.0. The van der Waals surface area contributed by atoms with Crippen LogP contribution < -0.4 is 4.74 Å². The molecular formula is C23H25FN2O3. The SMILES string of the molecule is COc1ccc(CN2CC3(CCN(C(=O)Cc4cccc(F)c4)CC3)C2=O)cc1. The number of hydrogen-bond donors (Lipinski definition) is 0. The molecule has 0 bridgehead atoms. The summed E-state index contributed by atoms with van der Waals surface area (Å²) in [5, 5.41) is 0. The van der Waals surface area contributed by atoms with Gasteiger partial charge in [0.25, 0.3) is 0 Å². The number of halogens is 1. The first kappa shape index (κ1) is 19.4. The highest BCUT2D eigenvalue weighted by Gasteiger charge is 2.53. The molecule has 0 N–H and O–H groups in total. The van der Waals surface area contributed by atoms with Crippen molar-refractivity contribution >= 4 is 11.8 Å². The number of likely N-dealkylation sites (tertiary alicyclic amines) is 2. The molecule has 1 spiro atoms. The van der Waals surface area contributed by atoms with E-state index in [4.69, 9.17) is 4.74 Å². The number of hydrogen-bond acceptors (Lipinski definition) is 3. The molecule has 2 aromatic carbocycles. The molecule has 2 aromatic rings. The summed E-state index contributed by atoms with van der Waals surface area (Å²) in [5.74, 6) is 0.651. The molecule has 0 aromatic heterocycles. The van der Waals surface area contributed by atoms with Crippen LogP contribution in [-0.4, -0.2) is 48.4 Å². The second-order valence-electron chi connectivity index (χ2n) is 7.98. The van der Waals surface area contributed by atoms with Crippen molar-refractivity contribution in [3.63, 3.8) is 0 Å². The number of ether oxygens (including phenoxy) is 1. The zero-order valence-electron chi connectivity index (χ0n) is 16.6. The number of rotatable bonds is 5. The van der Waals surface area contributed by atoms with Crippen molar-refractivity contribution in [3.8, 4) is 5.75 Å². The molecule has 6 heteroatoms. The van der Waals surface area contributed by atoms with Crippen molar-refractivity contribution in [2.24, 2.45) is 5.41 Å². The van der Waals surface area contributed by atoms with Crippen LogP contribution in [0.2, 0.25) is 0 Å². The van der Waals surface area contributed by atoms with E-state index < -0.39 is 0 Å². The predicted octanol–water partition coefficient (Wildman–Crippen LogP) is 3.03. The highest BCUT2D eigenvalue weighted by molar-refractivity contribution is 5.89. The van der Waals surface area contributed by atoms with Crippen LogP contribution >= 0.6 is 0 Å². The molecule has 2 aliphatic heterocycles. The monoisotopic (exact) mass is 396 g/mol. The Morgan fingerprint density at radius 3 is 2.45 bits per heavy atom. The van der Waals surface area contributed by atoms with E-state index in [2.05, 4.69) is 0 Å². The lowest BCUT2D eigenvalue weighted by Crippen LogP contribution is -2.64. The number of carbonyl (C=O) groups is 2. The van der Waals surface area contributed by atoms with Gasteiger partial charge in [0.15, 0.2) is 0 Å². The summed E-state index contributed by atoms with van der Waals surface area (Å²) in [6.07, 6.45) is 1.59. The molecule has 2 fully saturated rings.